The van der Waals surface area contributed by atoms with Crippen LogP contribution in [-0.4, -0.2) is 23.7 Å². The highest BCUT2D eigenvalue weighted by Gasteiger charge is 2.06. The van der Waals surface area contributed by atoms with Gasteiger partial charge in [-0.05, 0) is 16.7 Å². The van der Waals surface area contributed by atoms with Gasteiger partial charge >= 0.3 is 12.0 Å². The molecule has 2 amide bonds. The quantitative estimate of drug-likeness (QED) is 0.654. The van der Waals surface area contributed by atoms with Crippen LogP contribution in [0.15, 0.2) is 54.6 Å². The topological polar surface area (TPSA) is 87.7 Å². The zero-order chi connectivity index (χ0) is 17.9. The second-order valence-electron chi connectivity index (χ2n) is 5.50. The number of hydrogen-bond donors (Lipinski definition) is 3. The van der Waals surface area contributed by atoms with Crippen LogP contribution in [0.2, 0.25) is 0 Å². The molecule has 0 unspecified atom stereocenters. The smallest absolute Gasteiger partial charge is 0.315 e. The van der Waals surface area contributed by atoms with Gasteiger partial charge in [-0.3, -0.25) is 4.79 Å². The number of aliphatic carboxylic acids is 1. The van der Waals surface area contributed by atoms with Gasteiger partial charge in [0.15, 0.2) is 0 Å². The molecule has 2 aromatic rings. The average Bonchev–Trinajstić information content (AvgIpc) is 2.61. The van der Waals surface area contributed by atoms with Crippen molar-refractivity contribution in [2.24, 2.45) is 0 Å². The Hall–Kier alpha value is -2.86. The highest BCUT2D eigenvalue weighted by molar-refractivity contribution is 5.75. The summed E-state index contributed by atoms with van der Waals surface area (Å²) >= 11 is 0. The number of rotatable bonds is 9. The zero-order valence-corrected chi connectivity index (χ0v) is 13.9. The molecule has 2 aromatic carbocycles. The molecule has 0 aromatic heterocycles. The van der Waals surface area contributed by atoms with Crippen LogP contribution >= 0.6 is 0 Å². The van der Waals surface area contributed by atoms with Crippen molar-refractivity contribution in [2.75, 3.05) is 6.54 Å². The van der Waals surface area contributed by atoms with Crippen LogP contribution in [0.3, 0.4) is 0 Å². The van der Waals surface area contributed by atoms with E-state index in [0.29, 0.717) is 19.8 Å². The van der Waals surface area contributed by atoms with E-state index in [2.05, 4.69) is 10.6 Å². The molecule has 0 aliphatic rings. The number of ether oxygens (including phenoxy) is 1. The van der Waals surface area contributed by atoms with Gasteiger partial charge in [0.2, 0.25) is 0 Å². The minimum atomic E-state index is -0.943. The average molecular weight is 342 g/mol. The van der Waals surface area contributed by atoms with E-state index in [4.69, 9.17) is 9.84 Å². The maximum atomic E-state index is 11.7. The van der Waals surface area contributed by atoms with Gasteiger partial charge in [-0.25, -0.2) is 4.79 Å². The molecule has 0 aliphatic heterocycles. The van der Waals surface area contributed by atoms with Gasteiger partial charge in [0.05, 0.1) is 19.6 Å². The molecule has 0 saturated carbocycles. The van der Waals surface area contributed by atoms with E-state index in [1.54, 1.807) is 0 Å². The summed E-state index contributed by atoms with van der Waals surface area (Å²) in [5.74, 6) is -0.943. The number of carboxylic acid groups (broad SMARTS) is 1. The number of benzene rings is 2. The number of urea groups is 1. The van der Waals surface area contributed by atoms with Gasteiger partial charge < -0.3 is 20.5 Å². The first-order valence-electron chi connectivity index (χ1n) is 8.07. The van der Waals surface area contributed by atoms with Crippen molar-refractivity contribution in [1.29, 1.82) is 0 Å². The third-order valence-electron chi connectivity index (χ3n) is 3.55. The van der Waals surface area contributed by atoms with Gasteiger partial charge in [0.1, 0.15) is 0 Å². The predicted octanol–water partition coefficient (Wildman–Crippen LogP) is 2.68. The molecule has 2 rings (SSSR count). The maximum Gasteiger partial charge on any atom is 0.315 e. The van der Waals surface area contributed by atoms with E-state index in [1.807, 2.05) is 54.6 Å². The lowest BCUT2D eigenvalue weighted by molar-refractivity contribution is -0.136. The number of hydrogen-bond acceptors (Lipinski definition) is 3. The van der Waals surface area contributed by atoms with Crippen LogP contribution in [0.5, 0.6) is 0 Å². The van der Waals surface area contributed by atoms with Gasteiger partial charge in [0.25, 0.3) is 0 Å². The maximum absolute atomic E-state index is 11.7. The van der Waals surface area contributed by atoms with Crippen LogP contribution in [0.25, 0.3) is 0 Å². The van der Waals surface area contributed by atoms with Crippen LogP contribution in [0.1, 0.15) is 23.1 Å². The van der Waals surface area contributed by atoms with Crippen molar-refractivity contribution in [3.8, 4) is 0 Å². The molecule has 6 nitrogen and oxygen atoms in total. The Balaban J connectivity index is 1.79. The molecule has 3 N–H and O–H groups in total. The monoisotopic (exact) mass is 342 g/mol. The Kier molecular flexibility index (Phi) is 7.46. The molecular weight excluding hydrogens is 320 g/mol. The Morgan fingerprint density at radius 3 is 2.28 bits per heavy atom. The number of carbonyl (C=O) groups is 2. The summed E-state index contributed by atoms with van der Waals surface area (Å²) in [6.07, 6.45) is -0.0999. The molecule has 0 saturated heterocycles. The Morgan fingerprint density at radius 1 is 0.880 bits per heavy atom. The molecule has 0 bridgehead atoms. The van der Waals surface area contributed by atoms with Gasteiger partial charge in [-0.2, -0.15) is 0 Å². The van der Waals surface area contributed by atoms with E-state index in [-0.39, 0.29) is 19.0 Å². The summed E-state index contributed by atoms with van der Waals surface area (Å²) < 4.78 is 5.75. The molecule has 0 fully saturated rings. The Morgan fingerprint density at radius 2 is 1.56 bits per heavy atom. The van der Waals surface area contributed by atoms with E-state index in [9.17, 15) is 9.59 Å². The number of nitrogens with one attached hydrogen (secondary N) is 2. The molecule has 0 aliphatic carbocycles. The summed E-state index contributed by atoms with van der Waals surface area (Å²) in [4.78, 5) is 22.1. The van der Waals surface area contributed by atoms with E-state index < -0.39 is 5.97 Å². The molecule has 6 heteroatoms. The fourth-order valence-electron chi connectivity index (χ4n) is 2.24. The standard InChI is InChI=1S/C19H22N2O4/c22-18(23)10-11-20-19(24)21-12-16-8-4-5-9-17(16)14-25-13-15-6-2-1-3-7-15/h1-9H,10-14H2,(H,22,23)(H2,20,21,24). The minimum Gasteiger partial charge on any atom is -0.481 e. The Bertz CT molecular complexity index is 689. The Labute approximate surface area is 146 Å². The predicted molar refractivity (Wildman–Crippen MR) is 93.9 cm³/mol. The number of carbonyl (C=O) groups excluding carboxylic acids is 1. The fourth-order valence-corrected chi connectivity index (χ4v) is 2.24. The summed E-state index contributed by atoms with van der Waals surface area (Å²) in [6, 6.07) is 17.3. The highest BCUT2D eigenvalue weighted by atomic mass is 16.5. The van der Waals surface area contributed by atoms with E-state index in [0.717, 1.165) is 16.7 Å². The third-order valence-corrected chi connectivity index (χ3v) is 3.55. The third kappa shape index (κ3) is 7.05. The fraction of sp³-hybridized carbons (Fsp3) is 0.263. The molecular formula is C19H22N2O4. The molecule has 0 spiro atoms. The van der Waals surface area contributed by atoms with Crippen molar-refractivity contribution in [1.82, 2.24) is 10.6 Å². The van der Waals surface area contributed by atoms with Crippen LogP contribution in [-0.2, 0) is 29.3 Å². The molecule has 0 radical (unpaired) electrons. The summed E-state index contributed by atoms with van der Waals surface area (Å²) in [5, 5.41) is 13.8. The summed E-state index contributed by atoms with van der Waals surface area (Å²) in [5.41, 5.74) is 3.07. The second-order valence-corrected chi connectivity index (χ2v) is 5.50. The minimum absolute atomic E-state index is 0.0999. The van der Waals surface area contributed by atoms with Crippen molar-refractivity contribution in [2.45, 2.75) is 26.2 Å². The van der Waals surface area contributed by atoms with Gasteiger partial charge in [-0.1, -0.05) is 54.6 Å². The zero-order valence-electron chi connectivity index (χ0n) is 13.9. The number of amides is 2. The van der Waals surface area contributed by atoms with Crippen molar-refractivity contribution < 1.29 is 19.4 Å². The molecule has 0 heterocycles. The lowest BCUT2D eigenvalue weighted by Crippen LogP contribution is -2.36. The van der Waals surface area contributed by atoms with Crippen LogP contribution in [0, 0.1) is 0 Å². The van der Waals surface area contributed by atoms with Crippen molar-refractivity contribution >= 4 is 12.0 Å². The summed E-state index contributed by atoms with van der Waals surface area (Å²) in [7, 11) is 0. The summed E-state index contributed by atoms with van der Waals surface area (Å²) in [6.45, 7) is 1.43. The first-order chi connectivity index (χ1) is 12.1. The molecule has 132 valence electrons. The van der Waals surface area contributed by atoms with Gasteiger partial charge in [-0.15, -0.1) is 0 Å². The van der Waals surface area contributed by atoms with E-state index >= 15 is 0 Å². The number of carboxylic acids is 1. The van der Waals surface area contributed by atoms with Crippen LogP contribution < -0.4 is 10.6 Å². The first kappa shape index (κ1) is 18.5. The second kappa shape index (κ2) is 10.1. The first-order valence-corrected chi connectivity index (χ1v) is 8.07. The van der Waals surface area contributed by atoms with Crippen LogP contribution in [0.4, 0.5) is 4.79 Å². The van der Waals surface area contributed by atoms with Crippen molar-refractivity contribution in [3.63, 3.8) is 0 Å². The molecule has 0 atom stereocenters. The highest BCUT2D eigenvalue weighted by Crippen LogP contribution is 2.11. The van der Waals surface area contributed by atoms with Crippen molar-refractivity contribution in [3.05, 3.63) is 71.3 Å². The lowest BCUT2D eigenvalue weighted by Gasteiger charge is -2.12. The normalized spacial score (nSPS) is 10.2. The lowest BCUT2D eigenvalue weighted by atomic mass is 10.1. The van der Waals surface area contributed by atoms with Gasteiger partial charge in [0, 0.05) is 13.1 Å². The van der Waals surface area contributed by atoms with E-state index in [1.165, 1.54) is 0 Å². The largest absolute Gasteiger partial charge is 0.481 e. The SMILES string of the molecule is O=C(O)CCNC(=O)NCc1ccccc1COCc1ccccc1. The molecule has 25 heavy (non-hydrogen) atoms.